The zero-order chi connectivity index (χ0) is 27.0. The number of nitrogens with zero attached hydrogens (tertiary/aromatic N) is 2. The normalized spacial score (nSPS) is 13.2. The van der Waals surface area contributed by atoms with Crippen LogP contribution >= 0.6 is 11.8 Å². The summed E-state index contributed by atoms with van der Waals surface area (Å²) in [6, 6.07) is 22.8. The molecule has 5 aromatic rings. The molecular formula is C35H35N2S+. The van der Waals surface area contributed by atoms with Crippen LogP contribution in [0.25, 0.3) is 43.6 Å². The first-order valence-corrected chi connectivity index (χ1v) is 14.3. The number of rotatable bonds is 3. The molecule has 1 aliphatic rings. The third-order valence-corrected chi connectivity index (χ3v) is 9.15. The Hall–Kier alpha value is -3.35. The van der Waals surface area contributed by atoms with Crippen LogP contribution in [-0.2, 0) is 19.9 Å². The van der Waals surface area contributed by atoms with Crippen LogP contribution in [0.2, 0.25) is 0 Å². The third kappa shape index (κ3) is 3.89. The van der Waals surface area contributed by atoms with E-state index in [9.17, 15) is 5.26 Å². The van der Waals surface area contributed by atoms with Gasteiger partial charge in [0, 0.05) is 21.2 Å². The van der Waals surface area contributed by atoms with Crippen molar-refractivity contribution in [3.05, 3.63) is 77.5 Å². The summed E-state index contributed by atoms with van der Waals surface area (Å²) in [4.78, 5) is 2.72. The molecule has 1 aliphatic heterocycles. The van der Waals surface area contributed by atoms with Gasteiger partial charge in [0.05, 0.1) is 22.4 Å². The predicted octanol–water partition coefficient (Wildman–Crippen LogP) is 9.09. The topological polar surface area (TPSA) is 27.7 Å². The molecule has 0 spiro atoms. The van der Waals surface area contributed by atoms with E-state index in [0.29, 0.717) is 0 Å². The van der Waals surface area contributed by atoms with E-state index in [1.165, 1.54) is 70.1 Å². The summed E-state index contributed by atoms with van der Waals surface area (Å²) in [5.41, 5.74) is 6.52. The van der Waals surface area contributed by atoms with Crippen LogP contribution in [0.5, 0.6) is 0 Å². The van der Waals surface area contributed by atoms with Crippen molar-refractivity contribution in [1.29, 1.82) is 5.26 Å². The minimum absolute atomic E-state index is 0.167. The summed E-state index contributed by atoms with van der Waals surface area (Å²) in [5.74, 6) is 0. The number of nitriles is 1. The molecule has 0 aliphatic carbocycles. The molecule has 4 aromatic carbocycles. The van der Waals surface area contributed by atoms with Crippen molar-refractivity contribution in [3.8, 4) is 17.3 Å². The van der Waals surface area contributed by atoms with Crippen LogP contribution in [-0.4, -0.2) is 0 Å². The molecule has 0 amide bonds. The van der Waals surface area contributed by atoms with Gasteiger partial charge in [0.1, 0.15) is 7.05 Å². The van der Waals surface area contributed by atoms with Gasteiger partial charge < -0.3 is 0 Å². The molecule has 0 bridgehead atoms. The lowest BCUT2D eigenvalue weighted by molar-refractivity contribution is -0.659. The number of pyridine rings is 1. The molecule has 2 heterocycles. The lowest BCUT2D eigenvalue weighted by Crippen LogP contribution is -2.32. The smallest absolute Gasteiger partial charge is 0.200 e. The highest BCUT2D eigenvalue weighted by atomic mass is 32.2. The van der Waals surface area contributed by atoms with Crippen molar-refractivity contribution >= 4 is 44.1 Å². The molecule has 2 nitrogen and oxygen atoms in total. The zero-order valence-corrected chi connectivity index (χ0v) is 24.3. The average Bonchev–Trinajstić information content (AvgIpc) is 2.87. The van der Waals surface area contributed by atoms with Crippen LogP contribution in [0.1, 0.15) is 51.3 Å². The second kappa shape index (κ2) is 8.58. The number of fused-ring (bicyclic) bond motifs is 5. The van der Waals surface area contributed by atoms with Crippen molar-refractivity contribution in [2.24, 2.45) is 17.9 Å². The van der Waals surface area contributed by atoms with E-state index < -0.39 is 5.41 Å². The monoisotopic (exact) mass is 515 g/mol. The Labute approximate surface area is 230 Å². The van der Waals surface area contributed by atoms with Crippen LogP contribution in [0.15, 0.2) is 70.6 Å². The minimum Gasteiger partial charge on any atom is -0.200 e. The van der Waals surface area contributed by atoms with Crippen LogP contribution in [0.4, 0.5) is 0 Å². The number of benzene rings is 4. The fraction of sp³-hybridized carbons (Fsp3) is 0.314. The predicted molar refractivity (Wildman–Crippen MR) is 161 cm³/mol. The first kappa shape index (κ1) is 25.0. The van der Waals surface area contributed by atoms with E-state index in [-0.39, 0.29) is 5.41 Å². The summed E-state index contributed by atoms with van der Waals surface area (Å²) < 4.78 is 2.32. The first-order valence-electron chi connectivity index (χ1n) is 13.5. The Kier molecular flexibility index (Phi) is 5.64. The Morgan fingerprint density at radius 3 is 2.26 bits per heavy atom. The van der Waals surface area contributed by atoms with Gasteiger partial charge in [0.25, 0.3) is 0 Å². The van der Waals surface area contributed by atoms with Gasteiger partial charge in [-0.1, -0.05) is 75.0 Å². The fourth-order valence-corrected chi connectivity index (χ4v) is 7.62. The van der Waals surface area contributed by atoms with Gasteiger partial charge in [0.2, 0.25) is 5.69 Å². The van der Waals surface area contributed by atoms with Gasteiger partial charge >= 0.3 is 0 Å². The molecule has 0 unspecified atom stereocenters. The Bertz CT molecular complexity index is 1830. The molecule has 0 N–H and O–H groups in total. The summed E-state index contributed by atoms with van der Waals surface area (Å²) in [6.45, 7) is 13.4. The quantitative estimate of drug-likeness (QED) is 0.174. The van der Waals surface area contributed by atoms with Gasteiger partial charge in [-0.2, -0.15) is 5.26 Å². The van der Waals surface area contributed by atoms with Gasteiger partial charge in [-0.3, -0.25) is 0 Å². The molecule has 1 aromatic heterocycles. The van der Waals surface area contributed by atoms with Gasteiger partial charge in [-0.25, -0.2) is 4.57 Å². The second-order valence-electron chi connectivity index (χ2n) is 12.8. The lowest BCUT2D eigenvalue weighted by Gasteiger charge is -2.28. The van der Waals surface area contributed by atoms with E-state index in [2.05, 4.69) is 106 Å². The van der Waals surface area contributed by atoms with Crippen molar-refractivity contribution < 1.29 is 4.57 Å². The molecule has 0 radical (unpaired) electrons. The molecule has 190 valence electrons. The molecule has 6 rings (SSSR count). The molecule has 0 saturated carbocycles. The van der Waals surface area contributed by atoms with E-state index in [1.54, 1.807) is 0 Å². The summed E-state index contributed by atoms with van der Waals surface area (Å²) in [7, 11) is 2.19. The van der Waals surface area contributed by atoms with E-state index in [0.717, 1.165) is 12.8 Å². The maximum atomic E-state index is 9.76. The highest BCUT2D eigenvalue weighted by Crippen LogP contribution is 2.53. The summed E-state index contributed by atoms with van der Waals surface area (Å²) in [6.07, 6.45) is 3.98. The van der Waals surface area contributed by atoms with Crippen molar-refractivity contribution in [1.82, 2.24) is 0 Å². The van der Waals surface area contributed by atoms with Crippen LogP contribution in [0, 0.1) is 29.1 Å². The maximum absolute atomic E-state index is 9.76. The number of aryl methyl sites for hydroxylation is 2. The molecule has 38 heavy (non-hydrogen) atoms. The Morgan fingerprint density at radius 1 is 0.842 bits per heavy atom. The van der Waals surface area contributed by atoms with Gasteiger partial charge in [0.15, 0.2) is 6.20 Å². The maximum Gasteiger partial charge on any atom is 0.222 e. The lowest BCUT2D eigenvalue weighted by atomic mass is 9.82. The molecule has 0 saturated heterocycles. The summed E-state index contributed by atoms with van der Waals surface area (Å²) >= 11 is 1.95. The van der Waals surface area contributed by atoms with Crippen molar-refractivity contribution in [2.45, 2.75) is 64.2 Å². The minimum atomic E-state index is -0.412. The average molecular weight is 516 g/mol. The highest BCUT2D eigenvalue weighted by molar-refractivity contribution is 8.00. The molecule has 0 fully saturated rings. The number of aromatic nitrogens is 1. The van der Waals surface area contributed by atoms with E-state index in [1.807, 2.05) is 25.6 Å². The van der Waals surface area contributed by atoms with Crippen molar-refractivity contribution in [3.63, 3.8) is 0 Å². The number of hydrogen-bond acceptors (Lipinski definition) is 2. The summed E-state index contributed by atoms with van der Waals surface area (Å²) in [5, 5.41) is 17.7. The van der Waals surface area contributed by atoms with Crippen molar-refractivity contribution in [2.75, 3.05) is 0 Å². The third-order valence-electron chi connectivity index (χ3n) is 7.96. The first-order chi connectivity index (χ1) is 18.0. The fourth-order valence-electron chi connectivity index (χ4n) is 6.26. The van der Waals surface area contributed by atoms with Crippen LogP contribution < -0.4 is 4.57 Å². The Morgan fingerprint density at radius 2 is 1.55 bits per heavy atom. The van der Waals surface area contributed by atoms with Crippen LogP contribution in [0.3, 0.4) is 0 Å². The number of hydrogen-bond donors (Lipinski definition) is 0. The Balaban J connectivity index is 1.74. The van der Waals surface area contributed by atoms with Gasteiger partial charge in [-0.15, -0.1) is 0 Å². The van der Waals surface area contributed by atoms with Gasteiger partial charge in [-0.05, 0) is 83.3 Å². The van der Waals surface area contributed by atoms with E-state index >= 15 is 0 Å². The second-order valence-corrected chi connectivity index (χ2v) is 13.9. The van der Waals surface area contributed by atoms with E-state index in [4.69, 9.17) is 0 Å². The zero-order valence-electron chi connectivity index (χ0n) is 23.5. The largest absolute Gasteiger partial charge is 0.222 e. The molecule has 0 atom stereocenters. The standard InChI is InChI=1S/C35H35N2S/c1-21-23-12-8-9-13-24(23)28(19-34(2,3)4)33-30(21)32-31-26(15-16-37(32)7)25-14-10-11-22(18-35(5,6)20-36)27(25)17-29(31)38-33/h8-17H,18-19H2,1-7H3/q+1. The molecule has 3 heteroatoms. The highest BCUT2D eigenvalue weighted by Gasteiger charge is 2.33. The molecular weight excluding hydrogens is 480 g/mol. The SMILES string of the molecule is Cc1c2c(c(CC(C)(C)C)c3ccccc13)Sc1cc3c(CC(C)(C)C#N)cccc3c3cc[n+](C)c-2c13.